The van der Waals surface area contributed by atoms with Gasteiger partial charge in [0, 0.05) is 47.6 Å². The molecule has 0 atom stereocenters. The van der Waals surface area contributed by atoms with Gasteiger partial charge in [0.05, 0.1) is 0 Å². The zero-order chi connectivity index (χ0) is 57.2. The predicted molar refractivity (Wildman–Crippen MR) is 373 cm³/mol. The van der Waals surface area contributed by atoms with E-state index in [1.165, 1.54) is 92.6 Å². The van der Waals surface area contributed by atoms with Crippen LogP contribution in [-0.2, 0) is 0 Å². The summed E-state index contributed by atoms with van der Waals surface area (Å²) in [5.41, 5.74) is 11.2. The van der Waals surface area contributed by atoms with Crippen molar-refractivity contribution in [3.8, 4) is 39.1 Å². The highest BCUT2D eigenvalue weighted by Crippen LogP contribution is 2.50. The van der Waals surface area contributed by atoms with Crippen LogP contribution in [0, 0.1) is 0 Å². The van der Waals surface area contributed by atoms with Crippen molar-refractivity contribution in [3.05, 3.63) is 296 Å². The Kier molecular flexibility index (Phi) is 13.6. The SMILES string of the molecule is Brc1cc2c3ccccc3oc2c2ccccc12.C.O[B]Oc1c2ccccc2c(-c2cccc3ccccc23)c2ccccc12.c1ccc2c(-c3c4ccccc4c(-c4cc5c6ccccc6oc5c5ccccc45)c4ccccc34)cccc2c1. The fourth-order valence-electron chi connectivity index (χ4n) is 13.4. The van der Waals surface area contributed by atoms with Gasteiger partial charge < -0.3 is 18.5 Å². The molecule has 411 valence electrons. The summed E-state index contributed by atoms with van der Waals surface area (Å²) in [4.78, 5) is 0. The third-order valence-corrected chi connectivity index (χ3v) is 17.7. The second kappa shape index (κ2) is 22.2. The van der Waals surface area contributed by atoms with Crippen LogP contribution in [-0.4, -0.2) is 12.7 Å². The van der Waals surface area contributed by atoms with Crippen molar-refractivity contribution in [1.82, 2.24) is 0 Å². The first-order chi connectivity index (χ1) is 42.6. The molecule has 18 rings (SSSR count). The van der Waals surface area contributed by atoms with Gasteiger partial charge in [-0.15, -0.1) is 0 Å². The maximum absolute atomic E-state index is 9.32. The summed E-state index contributed by atoms with van der Waals surface area (Å²) < 4.78 is 19.1. The third-order valence-electron chi connectivity index (χ3n) is 17.1. The van der Waals surface area contributed by atoms with Crippen LogP contribution in [0.15, 0.2) is 304 Å². The van der Waals surface area contributed by atoms with E-state index in [1.54, 1.807) is 0 Å². The van der Waals surface area contributed by atoms with E-state index in [9.17, 15) is 5.02 Å². The van der Waals surface area contributed by atoms with Gasteiger partial charge in [0.2, 0.25) is 0 Å². The minimum Gasteiger partial charge on any atom is -0.537 e. The van der Waals surface area contributed by atoms with Crippen LogP contribution in [0.25, 0.3) is 163 Å². The number of rotatable bonds is 5. The van der Waals surface area contributed by atoms with Crippen molar-refractivity contribution in [1.29, 1.82) is 0 Å². The average molecular weight is 1180 g/mol. The van der Waals surface area contributed by atoms with E-state index >= 15 is 0 Å². The average Bonchev–Trinajstić information content (AvgIpc) is 1.73. The molecule has 16 aromatic carbocycles. The maximum atomic E-state index is 9.32. The van der Waals surface area contributed by atoms with Gasteiger partial charge in [0.1, 0.15) is 28.1 Å². The lowest BCUT2D eigenvalue weighted by molar-refractivity contribution is 0.459. The summed E-state index contributed by atoms with van der Waals surface area (Å²) in [6.07, 6.45) is 0. The number of fused-ring (bicyclic) bond motifs is 16. The summed E-state index contributed by atoms with van der Waals surface area (Å²) in [6.45, 7) is 0. The lowest BCUT2D eigenvalue weighted by Crippen LogP contribution is -2.02. The molecular formula is C81H53BBrO4. The summed E-state index contributed by atoms with van der Waals surface area (Å²) >= 11 is 3.65. The molecule has 0 aliphatic rings. The molecular weight excluding hydrogens is 1130 g/mol. The lowest BCUT2D eigenvalue weighted by atomic mass is 9.83. The molecule has 0 unspecified atom stereocenters. The van der Waals surface area contributed by atoms with Gasteiger partial charge in [-0.2, -0.15) is 0 Å². The number of halogens is 1. The van der Waals surface area contributed by atoms with Crippen molar-refractivity contribution in [2.45, 2.75) is 7.43 Å². The molecule has 0 aliphatic carbocycles. The molecule has 0 saturated carbocycles. The Morgan fingerprint density at radius 3 is 1.03 bits per heavy atom. The number of hydrogen-bond donors (Lipinski definition) is 1. The Balaban J connectivity index is 0.000000119. The smallest absolute Gasteiger partial charge is 0.537 e. The van der Waals surface area contributed by atoms with Gasteiger partial charge in [-0.1, -0.05) is 290 Å². The molecule has 1 N–H and O–H groups in total. The van der Waals surface area contributed by atoms with E-state index in [-0.39, 0.29) is 7.43 Å². The minimum atomic E-state index is 0. The second-order valence-electron chi connectivity index (χ2n) is 21.7. The number of hydrogen-bond acceptors (Lipinski definition) is 4. The summed E-state index contributed by atoms with van der Waals surface area (Å²) in [5, 5.41) is 32.8. The summed E-state index contributed by atoms with van der Waals surface area (Å²) in [5.74, 6) is 0.674. The third kappa shape index (κ3) is 8.87. The molecule has 0 saturated heterocycles. The highest BCUT2D eigenvalue weighted by molar-refractivity contribution is 9.10. The van der Waals surface area contributed by atoms with Crippen molar-refractivity contribution in [3.63, 3.8) is 0 Å². The number of para-hydroxylation sites is 2. The lowest BCUT2D eigenvalue weighted by Gasteiger charge is -2.20. The van der Waals surface area contributed by atoms with Crippen LogP contribution in [0.3, 0.4) is 0 Å². The van der Waals surface area contributed by atoms with Crippen molar-refractivity contribution in [2.24, 2.45) is 0 Å². The topological polar surface area (TPSA) is 55.7 Å². The fourth-order valence-corrected chi connectivity index (χ4v) is 14.0. The molecule has 0 spiro atoms. The van der Waals surface area contributed by atoms with Gasteiger partial charge in [0.15, 0.2) is 0 Å². The molecule has 2 heterocycles. The molecule has 87 heavy (non-hydrogen) atoms. The number of benzene rings is 16. The predicted octanol–water partition coefficient (Wildman–Crippen LogP) is 23.4. The van der Waals surface area contributed by atoms with Gasteiger partial charge in [-0.3, -0.25) is 0 Å². The highest BCUT2D eigenvalue weighted by atomic mass is 79.9. The quantitative estimate of drug-likeness (QED) is 0.138. The molecule has 2 aromatic heterocycles. The van der Waals surface area contributed by atoms with Crippen molar-refractivity contribution < 1.29 is 18.5 Å². The summed E-state index contributed by atoms with van der Waals surface area (Å²) in [6, 6.07) is 102. The first-order valence-electron chi connectivity index (χ1n) is 28.9. The Morgan fingerprint density at radius 2 is 0.586 bits per heavy atom. The van der Waals surface area contributed by atoms with E-state index < -0.39 is 0 Å². The van der Waals surface area contributed by atoms with E-state index in [0.29, 0.717) is 5.75 Å². The van der Waals surface area contributed by atoms with Gasteiger partial charge in [-0.05, 0) is 122 Å². The van der Waals surface area contributed by atoms with E-state index in [4.69, 9.17) is 13.5 Å². The zero-order valence-corrected chi connectivity index (χ0v) is 47.9. The van der Waals surface area contributed by atoms with Crippen LogP contribution in [0.1, 0.15) is 7.43 Å². The zero-order valence-electron chi connectivity index (χ0n) is 46.3. The van der Waals surface area contributed by atoms with E-state index in [0.717, 1.165) is 83.0 Å². The Bertz CT molecular complexity index is 5600. The standard InChI is InChI=1S/C40H24O.C24H16BO2.C16H9BrO.CH4/c1-2-14-26-25(12-1)13-11-22-29(26)38-30-17-4-6-19-32(30)39(33-20-7-5-18-31(33)38)35-24-36-28-16-9-10-23-37(28)41-40(36)34-21-8-3-15-27(34)35;26-25-27-24-21-13-5-3-11-19(21)23(20-12-4-6-14-22(20)24)18-15-7-9-16-8-1-2-10-17(16)18;17-14-9-13-11-6-3-4-8-15(11)18-16(13)12-7-2-1-5-10(12)14;/h1-24H;1-15,26H;1-9H;1H4. The van der Waals surface area contributed by atoms with Crippen molar-refractivity contribution in [2.75, 3.05) is 0 Å². The number of furan rings is 2. The Hall–Kier alpha value is -10.5. The van der Waals surface area contributed by atoms with Gasteiger partial charge >= 0.3 is 7.69 Å². The first-order valence-corrected chi connectivity index (χ1v) is 29.7. The first kappa shape index (κ1) is 53.2. The van der Waals surface area contributed by atoms with Gasteiger partial charge in [0.25, 0.3) is 0 Å². The van der Waals surface area contributed by atoms with Crippen LogP contribution in [0.5, 0.6) is 5.75 Å². The van der Waals surface area contributed by atoms with Crippen molar-refractivity contribution >= 4 is 154 Å². The molecule has 18 aromatic rings. The van der Waals surface area contributed by atoms with Crippen LogP contribution in [0.2, 0.25) is 0 Å². The molecule has 1 radical (unpaired) electrons. The molecule has 0 aliphatic heterocycles. The maximum Gasteiger partial charge on any atom is 0.569 e. The van der Waals surface area contributed by atoms with Gasteiger partial charge in [-0.25, -0.2) is 0 Å². The van der Waals surface area contributed by atoms with Crippen LogP contribution >= 0.6 is 15.9 Å². The fraction of sp³-hybridized carbons (Fsp3) is 0.0123. The molecule has 6 heteroatoms. The minimum absolute atomic E-state index is 0. The second-order valence-corrected chi connectivity index (χ2v) is 22.6. The Labute approximate surface area is 511 Å². The monoisotopic (exact) mass is 1180 g/mol. The molecule has 0 amide bonds. The molecule has 0 fully saturated rings. The largest absolute Gasteiger partial charge is 0.569 e. The Morgan fingerprint density at radius 1 is 0.276 bits per heavy atom. The summed E-state index contributed by atoms with van der Waals surface area (Å²) in [7, 11) is 0.756. The van der Waals surface area contributed by atoms with E-state index in [2.05, 4.69) is 234 Å². The molecule has 0 bridgehead atoms. The normalized spacial score (nSPS) is 11.5. The van der Waals surface area contributed by atoms with Crippen LogP contribution < -0.4 is 4.65 Å². The van der Waals surface area contributed by atoms with E-state index in [1.807, 2.05) is 72.8 Å². The molecule has 4 nitrogen and oxygen atoms in total. The highest BCUT2D eigenvalue weighted by Gasteiger charge is 2.23. The van der Waals surface area contributed by atoms with Crippen LogP contribution in [0.4, 0.5) is 0 Å².